The molecule has 1 aromatic heterocycles. The fourth-order valence-corrected chi connectivity index (χ4v) is 4.09. The molecule has 4 aromatic rings. The van der Waals surface area contributed by atoms with Gasteiger partial charge in [-0.25, -0.2) is 9.68 Å². The van der Waals surface area contributed by atoms with Crippen LogP contribution in [0.1, 0.15) is 45.7 Å². The zero-order valence-electron chi connectivity index (χ0n) is 20.9. The maximum atomic E-state index is 12.6. The number of carbonyl (C=O) groups excluding carboxylic acids is 2. The van der Waals surface area contributed by atoms with Crippen molar-refractivity contribution in [1.82, 2.24) is 4.98 Å². The van der Waals surface area contributed by atoms with Gasteiger partial charge in [0.25, 0.3) is 5.91 Å². The van der Waals surface area contributed by atoms with E-state index < -0.39 is 11.9 Å². The number of primary amides is 1. The van der Waals surface area contributed by atoms with Crippen LogP contribution in [0, 0.1) is 0 Å². The Bertz CT molecular complexity index is 1400. The van der Waals surface area contributed by atoms with E-state index in [2.05, 4.69) is 24.9 Å². The average molecular weight is 497 g/mol. The normalized spacial score (nSPS) is 11.0. The number of hydrogen-bond acceptors (Lipinski definition) is 6. The second-order valence-electron chi connectivity index (χ2n) is 9.26. The van der Waals surface area contributed by atoms with Gasteiger partial charge in [0, 0.05) is 18.0 Å². The van der Waals surface area contributed by atoms with Crippen LogP contribution in [0.25, 0.3) is 11.1 Å². The van der Waals surface area contributed by atoms with Crippen LogP contribution in [0.3, 0.4) is 0 Å². The number of aromatic nitrogens is 1. The van der Waals surface area contributed by atoms with E-state index in [1.54, 1.807) is 49.8 Å². The zero-order valence-corrected chi connectivity index (χ0v) is 20.9. The van der Waals surface area contributed by atoms with Gasteiger partial charge in [0.15, 0.2) is 5.75 Å². The van der Waals surface area contributed by atoms with E-state index in [9.17, 15) is 9.59 Å². The van der Waals surface area contributed by atoms with Crippen molar-refractivity contribution in [2.45, 2.75) is 25.7 Å². The van der Waals surface area contributed by atoms with E-state index >= 15 is 0 Å². The summed E-state index contributed by atoms with van der Waals surface area (Å²) in [6, 6.07) is 23.6. The Balaban J connectivity index is 1.44. The number of ether oxygens (including phenoxy) is 1. The van der Waals surface area contributed by atoms with Crippen molar-refractivity contribution >= 4 is 11.9 Å². The summed E-state index contributed by atoms with van der Waals surface area (Å²) >= 11 is 0. The Kier molecular flexibility index (Phi) is 7.53. The fraction of sp³-hybridized carbons (Fsp3) is 0.167. The Labute approximate surface area is 215 Å². The molecular weight excluding hydrogens is 468 g/mol. The van der Waals surface area contributed by atoms with Gasteiger partial charge in [0.1, 0.15) is 5.75 Å². The highest BCUT2D eigenvalue weighted by molar-refractivity contribution is 5.97. The predicted molar refractivity (Wildman–Crippen MR) is 140 cm³/mol. The van der Waals surface area contributed by atoms with Crippen molar-refractivity contribution in [1.29, 1.82) is 0 Å². The van der Waals surface area contributed by atoms with Crippen molar-refractivity contribution in [3.8, 4) is 22.6 Å². The average Bonchev–Trinajstić information content (AvgIpc) is 2.92. The maximum absolute atomic E-state index is 12.6. The van der Waals surface area contributed by atoms with E-state index in [0.29, 0.717) is 5.56 Å². The summed E-state index contributed by atoms with van der Waals surface area (Å²) in [5, 5.41) is 0. The van der Waals surface area contributed by atoms with Crippen LogP contribution < -0.4 is 15.4 Å². The molecule has 37 heavy (non-hydrogen) atoms. The number of carbonyl (C=O) groups is 2. The smallest absolute Gasteiger partial charge is 0.386 e. The van der Waals surface area contributed by atoms with E-state index in [0.717, 1.165) is 34.4 Å². The van der Waals surface area contributed by atoms with Crippen molar-refractivity contribution in [2.24, 2.45) is 5.73 Å². The van der Waals surface area contributed by atoms with Crippen LogP contribution in [0.15, 0.2) is 91.3 Å². The molecule has 2 N–H and O–H groups in total. The zero-order chi connectivity index (χ0) is 26.4. The molecule has 0 radical (unpaired) electrons. The first-order chi connectivity index (χ1) is 17.8. The van der Waals surface area contributed by atoms with Gasteiger partial charge in [-0.3, -0.25) is 14.7 Å². The Morgan fingerprint density at radius 1 is 0.919 bits per heavy atom. The molecule has 3 aromatic carbocycles. The van der Waals surface area contributed by atoms with Crippen molar-refractivity contribution in [2.75, 3.05) is 7.11 Å². The standard InChI is InChI=1S/C30H28N2O5/c1-30(2,18-20-6-4-8-25(16-20)35-3)24-12-9-21(10-13-24)29(34)37-36-27-14-11-22(17-26(27)28(31)33)23-7-5-15-32-19-23/h4-17,19H,18H2,1-3H3,(H2,31,33). The number of nitrogens with two attached hydrogens (primary N) is 1. The second kappa shape index (κ2) is 11.0. The Morgan fingerprint density at radius 2 is 1.70 bits per heavy atom. The van der Waals surface area contributed by atoms with Crippen LogP contribution in [0.4, 0.5) is 0 Å². The molecule has 188 valence electrons. The first-order valence-electron chi connectivity index (χ1n) is 11.7. The van der Waals surface area contributed by atoms with Gasteiger partial charge in [0.2, 0.25) is 0 Å². The summed E-state index contributed by atoms with van der Waals surface area (Å²) in [4.78, 5) is 39.0. The van der Waals surface area contributed by atoms with Crippen LogP contribution >= 0.6 is 0 Å². The second-order valence-corrected chi connectivity index (χ2v) is 9.26. The molecule has 0 aliphatic rings. The molecule has 7 heteroatoms. The summed E-state index contributed by atoms with van der Waals surface area (Å²) < 4.78 is 5.33. The highest BCUT2D eigenvalue weighted by Gasteiger charge is 2.22. The lowest BCUT2D eigenvalue weighted by atomic mass is 9.79. The van der Waals surface area contributed by atoms with Gasteiger partial charge in [-0.05, 0) is 71.0 Å². The first-order valence-corrected chi connectivity index (χ1v) is 11.7. The summed E-state index contributed by atoms with van der Waals surface area (Å²) in [6.07, 6.45) is 4.12. The minimum atomic E-state index is -0.709. The van der Waals surface area contributed by atoms with Gasteiger partial charge >= 0.3 is 5.97 Å². The summed E-state index contributed by atoms with van der Waals surface area (Å²) in [6.45, 7) is 4.28. The topological polar surface area (TPSA) is 101 Å². The third-order valence-electron chi connectivity index (χ3n) is 6.13. The molecule has 1 heterocycles. The number of nitrogens with zero attached hydrogens (tertiary/aromatic N) is 1. The largest absolute Gasteiger partial charge is 0.497 e. The number of hydrogen-bond donors (Lipinski definition) is 1. The highest BCUT2D eigenvalue weighted by Crippen LogP contribution is 2.30. The molecule has 7 nitrogen and oxygen atoms in total. The molecule has 0 saturated carbocycles. The van der Waals surface area contributed by atoms with Crippen molar-refractivity contribution in [3.05, 3.63) is 114 Å². The van der Waals surface area contributed by atoms with Gasteiger partial charge in [-0.15, -0.1) is 0 Å². The molecule has 0 atom stereocenters. The third kappa shape index (κ3) is 6.13. The van der Waals surface area contributed by atoms with E-state index in [1.165, 1.54) is 6.07 Å². The molecule has 0 aliphatic heterocycles. The van der Waals surface area contributed by atoms with Gasteiger partial charge in [-0.2, -0.15) is 0 Å². The maximum Gasteiger partial charge on any atom is 0.386 e. The van der Waals surface area contributed by atoms with E-state index in [-0.39, 0.29) is 16.7 Å². The van der Waals surface area contributed by atoms with Gasteiger partial charge in [0.05, 0.1) is 18.2 Å². The van der Waals surface area contributed by atoms with Crippen molar-refractivity contribution < 1.29 is 24.1 Å². The molecule has 1 amide bonds. The monoisotopic (exact) mass is 496 g/mol. The van der Waals surface area contributed by atoms with E-state index in [4.69, 9.17) is 20.2 Å². The van der Waals surface area contributed by atoms with Gasteiger partial charge in [-0.1, -0.05) is 50.2 Å². The highest BCUT2D eigenvalue weighted by atomic mass is 17.2. The molecule has 0 unspecified atom stereocenters. The molecule has 4 rings (SSSR count). The lowest BCUT2D eigenvalue weighted by Gasteiger charge is -2.26. The van der Waals surface area contributed by atoms with Crippen LogP contribution in [0.5, 0.6) is 11.5 Å². The number of amides is 1. The van der Waals surface area contributed by atoms with E-state index in [1.807, 2.05) is 36.4 Å². The first kappa shape index (κ1) is 25.4. The summed E-state index contributed by atoms with van der Waals surface area (Å²) in [7, 11) is 1.65. The Hall–Kier alpha value is -4.65. The molecule has 0 aliphatic carbocycles. The lowest BCUT2D eigenvalue weighted by molar-refractivity contribution is -0.149. The minimum absolute atomic E-state index is 0.0459. The quantitative estimate of drug-likeness (QED) is 0.242. The van der Waals surface area contributed by atoms with Crippen LogP contribution in [0.2, 0.25) is 0 Å². The third-order valence-corrected chi connectivity index (χ3v) is 6.13. The van der Waals surface area contributed by atoms with Crippen LogP contribution in [-0.4, -0.2) is 24.0 Å². The molecule has 0 saturated heterocycles. The number of pyridine rings is 1. The molecule has 0 bridgehead atoms. The molecule has 0 spiro atoms. The van der Waals surface area contributed by atoms with Crippen molar-refractivity contribution in [3.63, 3.8) is 0 Å². The predicted octanol–water partition coefficient (Wildman–Crippen LogP) is 5.53. The summed E-state index contributed by atoms with van der Waals surface area (Å²) in [5.74, 6) is -0.537. The van der Waals surface area contributed by atoms with Crippen LogP contribution in [-0.2, 0) is 16.7 Å². The molecular formula is C30H28N2O5. The number of rotatable bonds is 9. The fourth-order valence-electron chi connectivity index (χ4n) is 4.09. The van der Waals surface area contributed by atoms with Gasteiger partial charge < -0.3 is 10.5 Å². The molecule has 0 fully saturated rings. The Morgan fingerprint density at radius 3 is 2.38 bits per heavy atom. The minimum Gasteiger partial charge on any atom is -0.497 e. The SMILES string of the molecule is COc1cccc(CC(C)(C)c2ccc(C(=O)OOc3ccc(-c4cccnc4)cc3C(N)=O)cc2)c1. The lowest BCUT2D eigenvalue weighted by Crippen LogP contribution is -2.21. The number of benzene rings is 3. The summed E-state index contributed by atoms with van der Waals surface area (Å²) in [5.41, 5.74) is 9.50. The number of methoxy groups -OCH3 is 1.